The lowest BCUT2D eigenvalue weighted by Gasteiger charge is -2.01. The zero-order valence-electron chi connectivity index (χ0n) is 10.8. The summed E-state index contributed by atoms with van der Waals surface area (Å²) >= 11 is 0.987. The molecule has 0 amide bonds. The Kier molecular flexibility index (Phi) is 3.40. The van der Waals surface area contributed by atoms with Crippen LogP contribution in [0.4, 0.5) is 11.6 Å². The molecule has 2 aromatic heterocycles. The fourth-order valence-electron chi connectivity index (χ4n) is 1.66. The maximum atomic E-state index is 11.0. The van der Waals surface area contributed by atoms with Gasteiger partial charge in [-0.15, -0.1) is 0 Å². The molecule has 0 bridgehead atoms. The number of rotatable bonds is 4. The quantitative estimate of drug-likeness (QED) is 0.445. The number of benzene rings is 1. The molecule has 0 radical (unpaired) electrons. The number of oxazole rings is 1. The van der Waals surface area contributed by atoms with Crippen molar-refractivity contribution in [1.82, 2.24) is 15.0 Å². The van der Waals surface area contributed by atoms with Gasteiger partial charge in [-0.2, -0.15) is 4.98 Å². The van der Waals surface area contributed by atoms with Crippen molar-refractivity contribution in [3.8, 4) is 0 Å². The summed E-state index contributed by atoms with van der Waals surface area (Å²) in [5, 5.41) is 14.2. The van der Waals surface area contributed by atoms with Crippen LogP contribution in [0.15, 0.2) is 45.1 Å². The van der Waals surface area contributed by atoms with Crippen LogP contribution in [-0.2, 0) is 0 Å². The molecule has 1 N–H and O–H groups in total. The molecule has 0 aliphatic heterocycles. The van der Waals surface area contributed by atoms with Crippen LogP contribution in [-0.4, -0.2) is 26.9 Å². The summed E-state index contributed by atoms with van der Waals surface area (Å²) in [6.45, 7) is 0. The normalized spacial score (nSPS) is 10.7. The Hall–Kier alpha value is -2.68. The van der Waals surface area contributed by atoms with Crippen LogP contribution >= 0.6 is 11.8 Å². The van der Waals surface area contributed by atoms with E-state index in [9.17, 15) is 10.1 Å². The number of aromatic nitrogens is 3. The number of nitrogens with zero attached hydrogens (tertiary/aromatic N) is 4. The lowest BCUT2D eigenvalue weighted by atomic mass is 10.3. The number of nitrogens with one attached hydrogen (secondary N) is 1. The number of anilines is 1. The Labute approximate surface area is 122 Å². The van der Waals surface area contributed by atoms with E-state index < -0.39 is 4.92 Å². The van der Waals surface area contributed by atoms with Crippen molar-refractivity contribution >= 4 is 34.5 Å². The molecule has 0 saturated heterocycles. The zero-order chi connectivity index (χ0) is 14.8. The number of nitro groups is 1. The molecular formula is C12H9N5O3S. The van der Waals surface area contributed by atoms with Gasteiger partial charge in [0.1, 0.15) is 11.7 Å². The summed E-state index contributed by atoms with van der Waals surface area (Å²) in [4.78, 5) is 22.7. The van der Waals surface area contributed by atoms with E-state index in [0.29, 0.717) is 22.3 Å². The molecule has 0 unspecified atom stereocenters. The predicted octanol–water partition coefficient (Wildman–Crippen LogP) is 2.72. The Bertz CT molecular complexity index is 787. The number of para-hydroxylation sites is 2. The molecule has 0 fully saturated rings. The predicted molar refractivity (Wildman–Crippen MR) is 76.4 cm³/mol. The Morgan fingerprint density at radius 2 is 2.14 bits per heavy atom. The van der Waals surface area contributed by atoms with E-state index in [2.05, 4.69) is 20.3 Å². The van der Waals surface area contributed by atoms with Gasteiger partial charge in [-0.3, -0.25) is 10.1 Å². The highest BCUT2D eigenvalue weighted by Crippen LogP contribution is 2.34. The minimum Gasteiger partial charge on any atom is -0.431 e. The van der Waals surface area contributed by atoms with Gasteiger partial charge in [-0.25, -0.2) is 9.97 Å². The molecule has 3 aromatic rings. The maximum Gasteiger partial charge on any atom is 0.320 e. The van der Waals surface area contributed by atoms with Crippen molar-refractivity contribution in [3.63, 3.8) is 0 Å². The van der Waals surface area contributed by atoms with Crippen molar-refractivity contribution < 1.29 is 9.34 Å². The fraction of sp³-hybridized carbons (Fsp3) is 0.0833. The van der Waals surface area contributed by atoms with Crippen molar-refractivity contribution in [1.29, 1.82) is 0 Å². The molecule has 3 rings (SSSR count). The summed E-state index contributed by atoms with van der Waals surface area (Å²) in [5.41, 5.74) is 1.11. The molecule has 1 aromatic carbocycles. The smallest absolute Gasteiger partial charge is 0.320 e. The van der Waals surface area contributed by atoms with Gasteiger partial charge in [-0.1, -0.05) is 12.1 Å². The molecule has 21 heavy (non-hydrogen) atoms. The molecule has 106 valence electrons. The standard InChI is InChI=1S/C12H9N5O3S/c1-13-11-14-6-8(17(18)19)10(16-11)21-12-15-7-4-2-3-5-9(7)20-12/h2-6H,1H3,(H,13,14,16). The first-order valence-corrected chi connectivity index (χ1v) is 6.71. The third-order valence-electron chi connectivity index (χ3n) is 2.61. The lowest BCUT2D eigenvalue weighted by molar-refractivity contribution is -0.388. The first kappa shape index (κ1) is 13.3. The minimum absolute atomic E-state index is 0.172. The van der Waals surface area contributed by atoms with Gasteiger partial charge in [0, 0.05) is 7.05 Å². The molecule has 0 spiro atoms. The van der Waals surface area contributed by atoms with Crippen LogP contribution in [0.1, 0.15) is 0 Å². The van der Waals surface area contributed by atoms with Crippen molar-refractivity contribution in [2.45, 2.75) is 10.2 Å². The van der Waals surface area contributed by atoms with E-state index in [1.165, 1.54) is 0 Å². The van der Waals surface area contributed by atoms with Crippen LogP contribution in [0, 0.1) is 10.1 Å². The largest absolute Gasteiger partial charge is 0.431 e. The van der Waals surface area contributed by atoms with E-state index >= 15 is 0 Å². The Morgan fingerprint density at radius 1 is 1.33 bits per heavy atom. The number of hydrogen-bond acceptors (Lipinski definition) is 8. The van der Waals surface area contributed by atoms with Gasteiger partial charge >= 0.3 is 5.69 Å². The molecular weight excluding hydrogens is 294 g/mol. The molecule has 0 saturated carbocycles. The summed E-state index contributed by atoms with van der Waals surface area (Å²) < 4.78 is 5.53. The minimum atomic E-state index is -0.537. The first-order chi connectivity index (χ1) is 10.2. The van der Waals surface area contributed by atoms with Crippen LogP contribution in [0.5, 0.6) is 0 Å². The Morgan fingerprint density at radius 3 is 2.86 bits per heavy atom. The molecule has 8 nitrogen and oxygen atoms in total. The van der Waals surface area contributed by atoms with Crippen LogP contribution in [0.3, 0.4) is 0 Å². The molecule has 0 atom stereocenters. The second-order valence-electron chi connectivity index (χ2n) is 3.94. The monoisotopic (exact) mass is 303 g/mol. The Balaban J connectivity index is 2.01. The lowest BCUT2D eigenvalue weighted by Crippen LogP contribution is -2.00. The van der Waals surface area contributed by atoms with Gasteiger partial charge in [0.15, 0.2) is 10.6 Å². The average Bonchev–Trinajstić information content (AvgIpc) is 2.89. The summed E-state index contributed by atoms with van der Waals surface area (Å²) in [6, 6.07) is 7.25. The number of fused-ring (bicyclic) bond motifs is 1. The van der Waals surface area contributed by atoms with Crippen molar-refractivity contribution in [2.24, 2.45) is 0 Å². The van der Waals surface area contributed by atoms with Gasteiger partial charge in [0.05, 0.1) is 4.92 Å². The highest BCUT2D eigenvalue weighted by atomic mass is 32.2. The molecule has 0 aliphatic rings. The van der Waals surface area contributed by atoms with Crippen LogP contribution in [0.25, 0.3) is 11.1 Å². The molecule has 0 aliphatic carbocycles. The highest BCUT2D eigenvalue weighted by Gasteiger charge is 2.20. The van der Waals surface area contributed by atoms with E-state index in [1.54, 1.807) is 19.2 Å². The SMILES string of the molecule is CNc1ncc([N+](=O)[O-])c(Sc2nc3ccccc3o2)n1. The van der Waals surface area contributed by atoms with Gasteiger partial charge < -0.3 is 9.73 Å². The zero-order valence-corrected chi connectivity index (χ0v) is 11.6. The number of hydrogen-bond donors (Lipinski definition) is 1. The van der Waals surface area contributed by atoms with Gasteiger partial charge in [0.2, 0.25) is 5.95 Å². The molecule has 9 heteroatoms. The van der Waals surface area contributed by atoms with Crippen molar-refractivity contribution in [3.05, 3.63) is 40.6 Å². The van der Waals surface area contributed by atoms with Crippen LogP contribution < -0.4 is 5.32 Å². The summed E-state index contributed by atoms with van der Waals surface area (Å²) in [6.07, 6.45) is 1.16. The van der Waals surface area contributed by atoms with E-state index in [-0.39, 0.29) is 10.7 Å². The maximum absolute atomic E-state index is 11.0. The second kappa shape index (κ2) is 5.37. The van der Waals surface area contributed by atoms with E-state index in [4.69, 9.17) is 4.42 Å². The van der Waals surface area contributed by atoms with Crippen molar-refractivity contribution in [2.75, 3.05) is 12.4 Å². The van der Waals surface area contributed by atoms with Gasteiger partial charge in [0.25, 0.3) is 5.22 Å². The summed E-state index contributed by atoms with van der Waals surface area (Å²) in [7, 11) is 1.63. The average molecular weight is 303 g/mol. The topological polar surface area (TPSA) is 107 Å². The first-order valence-electron chi connectivity index (χ1n) is 5.90. The van der Waals surface area contributed by atoms with E-state index in [1.807, 2.05) is 12.1 Å². The van der Waals surface area contributed by atoms with Crippen LogP contribution in [0.2, 0.25) is 0 Å². The van der Waals surface area contributed by atoms with E-state index in [0.717, 1.165) is 18.0 Å². The third-order valence-corrected chi connectivity index (χ3v) is 3.46. The molecule has 2 heterocycles. The third kappa shape index (κ3) is 2.63. The second-order valence-corrected chi connectivity index (χ2v) is 4.88. The fourth-order valence-corrected chi connectivity index (χ4v) is 2.46. The van der Waals surface area contributed by atoms with Gasteiger partial charge in [-0.05, 0) is 23.9 Å². The summed E-state index contributed by atoms with van der Waals surface area (Å²) in [5.74, 6) is 0.291. The highest BCUT2D eigenvalue weighted by molar-refractivity contribution is 7.99.